The number of aryl methyl sites for hydroxylation is 2. The summed E-state index contributed by atoms with van der Waals surface area (Å²) in [5.74, 6) is 0.402. The van der Waals surface area contributed by atoms with E-state index in [9.17, 15) is 4.79 Å². The highest BCUT2D eigenvalue weighted by molar-refractivity contribution is 7.21. The van der Waals surface area contributed by atoms with Gasteiger partial charge in [0.05, 0.1) is 17.4 Å². The van der Waals surface area contributed by atoms with Crippen molar-refractivity contribution >= 4 is 38.8 Å². The van der Waals surface area contributed by atoms with Crippen LogP contribution in [0.5, 0.6) is 0 Å². The number of aromatic nitrogens is 2. The maximum atomic E-state index is 12.7. The molecule has 6 nitrogen and oxygen atoms in total. The van der Waals surface area contributed by atoms with Gasteiger partial charge in [0.1, 0.15) is 9.71 Å². The number of hydrogen-bond acceptors (Lipinski definition) is 6. The number of benzene rings is 1. The normalized spacial score (nSPS) is 14.5. The molecule has 3 N–H and O–H groups in total. The van der Waals surface area contributed by atoms with Gasteiger partial charge in [0.2, 0.25) is 0 Å². The van der Waals surface area contributed by atoms with Crippen molar-refractivity contribution in [2.45, 2.75) is 39.7 Å². The van der Waals surface area contributed by atoms with Crippen molar-refractivity contribution in [1.82, 2.24) is 15.5 Å². The summed E-state index contributed by atoms with van der Waals surface area (Å²) >= 11 is 1.31. The second-order valence-corrected chi connectivity index (χ2v) is 8.76. The molecule has 1 saturated heterocycles. The number of carbonyl (C=O) groups excluding carboxylic acids is 1. The Hall–Kier alpha value is -2.67. The molecule has 28 heavy (non-hydrogen) atoms. The fraction of sp³-hybridized carbons (Fsp3) is 0.381. The van der Waals surface area contributed by atoms with Crippen LogP contribution >= 0.6 is 11.3 Å². The highest BCUT2D eigenvalue weighted by atomic mass is 32.1. The van der Waals surface area contributed by atoms with Crippen LogP contribution in [0, 0.1) is 13.8 Å². The van der Waals surface area contributed by atoms with E-state index < -0.39 is 0 Å². The minimum Gasteiger partial charge on any atom is -0.397 e. The fourth-order valence-electron chi connectivity index (χ4n) is 3.51. The Morgan fingerprint density at radius 1 is 1.21 bits per heavy atom. The van der Waals surface area contributed by atoms with Gasteiger partial charge in [-0.25, -0.2) is 0 Å². The Labute approximate surface area is 168 Å². The maximum absolute atomic E-state index is 12.7. The molecule has 1 fully saturated rings. The minimum absolute atomic E-state index is 0.121. The molecule has 146 valence electrons. The molecule has 1 amide bonds. The van der Waals surface area contributed by atoms with Crippen molar-refractivity contribution in [3.05, 3.63) is 46.0 Å². The van der Waals surface area contributed by atoms with E-state index in [2.05, 4.69) is 58.5 Å². The van der Waals surface area contributed by atoms with Gasteiger partial charge in [0.25, 0.3) is 5.91 Å². The summed E-state index contributed by atoms with van der Waals surface area (Å²) in [6, 6.07) is 8.78. The molecule has 0 spiro atoms. The number of carbonyl (C=O) groups is 1. The standard InChI is InChI=1S/C21H25N5OS/c1-11(2)14-5-7-16(8-6-14)26-9-15(10-26)23-20(27)19-18(22)17-12(3)13(4)24-25-21(17)28-19/h5-8,11,15H,9-10,22H2,1-4H3,(H,23,27). The summed E-state index contributed by atoms with van der Waals surface area (Å²) in [6.45, 7) is 9.85. The van der Waals surface area contributed by atoms with Crippen LogP contribution in [0.25, 0.3) is 10.2 Å². The van der Waals surface area contributed by atoms with E-state index in [4.69, 9.17) is 5.73 Å². The Bertz CT molecular complexity index is 1040. The second kappa shape index (κ2) is 7.05. The zero-order chi connectivity index (χ0) is 20.0. The number of nitrogen functional groups attached to an aromatic ring is 1. The summed E-state index contributed by atoms with van der Waals surface area (Å²) in [7, 11) is 0. The molecule has 2 aromatic heterocycles. The molecule has 1 aromatic carbocycles. The number of anilines is 2. The van der Waals surface area contributed by atoms with E-state index in [0.29, 0.717) is 21.3 Å². The van der Waals surface area contributed by atoms with Gasteiger partial charge in [-0.05, 0) is 43.0 Å². The number of nitrogens with two attached hydrogens (primary N) is 1. The molecular formula is C21H25N5OS. The van der Waals surface area contributed by atoms with Gasteiger partial charge in [-0.1, -0.05) is 26.0 Å². The Morgan fingerprint density at radius 3 is 2.54 bits per heavy atom. The van der Waals surface area contributed by atoms with Gasteiger partial charge >= 0.3 is 0 Å². The van der Waals surface area contributed by atoms with Crippen molar-refractivity contribution in [3.8, 4) is 0 Å². The lowest BCUT2D eigenvalue weighted by Gasteiger charge is -2.41. The third-order valence-corrected chi connectivity index (χ3v) is 6.57. The molecular weight excluding hydrogens is 370 g/mol. The number of thiophene rings is 1. The summed E-state index contributed by atoms with van der Waals surface area (Å²) < 4.78 is 0. The monoisotopic (exact) mass is 395 g/mol. The summed E-state index contributed by atoms with van der Waals surface area (Å²) in [6.07, 6.45) is 0. The SMILES string of the molecule is Cc1nnc2sc(C(=O)NC3CN(c4ccc(C(C)C)cc4)C3)c(N)c2c1C. The zero-order valence-electron chi connectivity index (χ0n) is 16.6. The molecule has 0 aliphatic carbocycles. The highest BCUT2D eigenvalue weighted by Gasteiger charge is 2.30. The predicted molar refractivity (Wildman–Crippen MR) is 115 cm³/mol. The molecule has 0 unspecified atom stereocenters. The molecule has 7 heteroatoms. The Morgan fingerprint density at radius 2 is 1.89 bits per heavy atom. The maximum Gasteiger partial charge on any atom is 0.263 e. The van der Waals surface area contributed by atoms with Gasteiger partial charge in [-0.2, -0.15) is 5.10 Å². The van der Waals surface area contributed by atoms with Gasteiger partial charge < -0.3 is 16.0 Å². The molecule has 1 aliphatic rings. The third kappa shape index (κ3) is 3.20. The number of fused-ring (bicyclic) bond motifs is 1. The number of nitrogens with zero attached hydrogens (tertiary/aromatic N) is 3. The van der Waals surface area contributed by atoms with Crippen LogP contribution in [-0.4, -0.2) is 35.2 Å². The van der Waals surface area contributed by atoms with E-state index in [-0.39, 0.29) is 11.9 Å². The molecule has 1 aliphatic heterocycles. The zero-order valence-corrected chi connectivity index (χ0v) is 17.4. The summed E-state index contributed by atoms with van der Waals surface area (Å²) in [5.41, 5.74) is 11.1. The first-order valence-electron chi connectivity index (χ1n) is 9.52. The third-order valence-electron chi connectivity index (χ3n) is 5.48. The van der Waals surface area contributed by atoms with Crippen molar-refractivity contribution < 1.29 is 4.79 Å². The first-order valence-corrected chi connectivity index (χ1v) is 10.3. The molecule has 0 atom stereocenters. The lowest BCUT2D eigenvalue weighted by Crippen LogP contribution is -2.59. The van der Waals surface area contributed by atoms with Crippen molar-refractivity contribution in [1.29, 1.82) is 0 Å². The Kier molecular flexibility index (Phi) is 4.71. The van der Waals surface area contributed by atoms with E-state index in [1.165, 1.54) is 22.6 Å². The van der Waals surface area contributed by atoms with Crippen molar-refractivity contribution in [2.24, 2.45) is 0 Å². The molecule has 4 rings (SSSR count). The molecule has 3 heterocycles. The van der Waals surface area contributed by atoms with Gasteiger partial charge in [0.15, 0.2) is 0 Å². The van der Waals surface area contributed by atoms with Crippen LogP contribution in [0.1, 0.15) is 46.3 Å². The predicted octanol–water partition coefficient (Wildman–Crippen LogP) is 3.63. The van der Waals surface area contributed by atoms with Crippen LogP contribution < -0.4 is 16.0 Å². The topological polar surface area (TPSA) is 84.1 Å². The minimum atomic E-state index is -0.127. The lowest BCUT2D eigenvalue weighted by molar-refractivity contribution is 0.0935. The average Bonchev–Trinajstić information content (AvgIpc) is 2.98. The summed E-state index contributed by atoms with van der Waals surface area (Å²) in [4.78, 5) is 16.3. The second-order valence-electron chi connectivity index (χ2n) is 7.76. The fourth-order valence-corrected chi connectivity index (χ4v) is 4.51. The van der Waals surface area contributed by atoms with E-state index in [0.717, 1.165) is 29.7 Å². The number of amides is 1. The quantitative estimate of drug-likeness (QED) is 0.705. The van der Waals surface area contributed by atoms with Crippen molar-refractivity contribution in [2.75, 3.05) is 23.7 Å². The Balaban J connectivity index is 1.42. The van der Waals surface area contributed by atoms with Crippen LogP contribution in [-0.2, 0) is 0 Å². The first kappa shape index (κ1) is 18.7. The van der Waals surface area contributed by atoms with Crippen LogP contribution in [0.3, 0.4) is 0 Å². The van der Waals surface area contributed by atoms with E-state index in [1.807, 2.05) is 13.8 Å². The van der Waals surface area contributed by atoms with Gasteiger partial charge in [-0.3, -0.25) is 4.79 Å². The first-order chi connectivity index (χ1) is 13.3. The van der Waals surface area contributed by atoms with Crippen LogP contribution in [0.15, 0.2) is 24.3 Å². The number of hydrogen-bond donors (Lipinski definition) is 2. The van der Waals surface area contributed by atoms with Crippen LogP contribution in [0.4, 0.5) is 11.4 Å². The van der Waals surface area contributed by atoms with Gasteiger partial charge in [-0.15, -0.1) is 16.4 Å². The molecule has 3 aromatic rings. The van der Waals surface area contributed by atoms with Gasteiger partial charge in [0, 0.05) is 24.2 Å². The number of nitrogens with one attached hydrogen (secondary N) is 1. The lowest BCUT2D eigenvalue weighted by atomic mass is 10.0. The largest absolute Gasteiger partial charge is 0.397 e. The van der Waals surface area contributed by atoms with Crippen LogP contribution in [0.2, 0.25) is 0 Å². The number of rotatable bonds is 4. The van der Waals surface area contributed by atoms with Crippen molar-refractivity contribution in [3.63, 3.8) is 0 Å². The molecule has 0 radical (unpaired) electrons. The summed E-state index contributed by atoms with van der Waals surface area (Å²) in [5, 5.41) is 12.3. The molecule has 0 saturated carbocycles. The molecule has 0 bridgehead atoms. The van der Waals surface area contributed by atoms with E-state index >= 15 is 0 Å². The van der Waals surface area contributed by atoms with E-state index in [1.54, 1.807) is 0 Å². The smallest absolute Gasteiger partial charge is 0.263 e. The average molecular weight is 396 g/mol. The highest BCUT2D eigenvalue weighted by Crippen LogP contribution is 2.35.